The van der Waals surface area contributed by atoms with Gasteiger partial charge in [0.1, 0.15) is 11.5 Å². The van der Waals surface area contributed by atoms with Crippen LogP contribution in [0.2, 0.25) is 0 Å². The predicted molar refractivity (Wildman–Crippen MR) is 81.1 cm³/mol. The van der Waals surface area contributed by atoms with Gasteiger partial charge in [0, 0.05) is 12.8 Å². The fraction of sp³-hybridized carbons (Fsp3) is 0.278. The quantitative estimate of drug-likeness (QED) is 0.763. The Bertz CT molecular complexity index is 546. The van der Waals surface area contributed by atoms with Crippen molar-refractivity contribution in [2.45, 2.75) is 25.7 Å². The van der Waals surface area contributed by atoms with Crippen molar-refractivity contribution in [3.05, 3.63) is 65.7 Å². The van der Waals surface area contributed by atoms with Crippen molar-refractivity contribution in [2.24, 2.45) is 0 Å². The SMILES string of the molecule is COc1ccccc1CCC(=O)CCc1ccccc1. The molecule has 0 aliphatic heterocycles. The highest BCUT2D eigenvalue weighted by atomic mass is 16.5. The van der Waals surface area contributed by atoms with Gasteiger partial charge in [0.25, 0.3) is 0 Å². The molecule has 0 radical (unpaired) electrons. The largest absolute Gasteiger partial charge is 0.496 e. The molecule has 2 nitrogen and oxygen atoms in total. The number of ether oxygens (including phenoxy) is 1. The zero-order chi connectivity index (χ0) is 14.2. The van der Waals surface area contributed by atoms with Gasteiger partial charge in [-0.15, -0.1) is 0 Å². The number of carbonyl (C=O) groups is 1. The van der Waals surface area contributed by atoms with Crippen molar-refractivity contribution in [3.63, 3.8) is 0 Å². The molecule has 0 N–H and O–H groups in total. The molecule has 2 heteroatoms. The average molecular weight is 268 g/mol. The van der Waals surface area contributed by atoms with Crippen LogP contribution in [0.25, 0.3) is 0 Å². The number of hydrogen-bond donors (Lipinski definition) is 0. The first-order valence-electron chi connectivity index (χ1n) is 6.97. The number of benzene rings is 2. The van der Waals surface area contributed by atoms with E-state index in [0.29, 0.717) is 18.6 Å². The molecule has 0 bridgehead atoms. The lowest BCUT2D eigenvalue weighted by Gasteiger charge is -2.07. The van der Waals surface area contributed by atoms with E-state index in [1.807, 2.05) is 42.5 Å². The second kappa shape index (κ2) is 7.49. The smallest absolute Gasteiger partial charge is 0.133 e. The molecular weight excluding hydrogens is 248 g/mol. The average Bonchev–Trinajstić information content (AvgIpc) is 2.52. The van der Waals surface area contributed by atoms with E-state index in [0.717, 1.165) is 24.2 Å². The predicted octanol–water partition coefficient (Wildman–Crippen LogP) is 3.83. The van der Waals surface area contributed by atoms with Crippen LogP contribution in [-0.2, 0) is 17.6 Å². The Balaban J connectivity index is 1.80. The van der Waals surface area contributed by atoms with Crippen LogP contribution < -0.4 is 4.74 Å². The maximum Gasteiger partial charge on any atom is 0.133 e. The first-order valence-corrected chi connectivity index (χ1v) is 6.97. The van der Waals surface area contributed by atoms with Gasteiger partial charge in [-0.2, -0.15) is 0 Å². The second-order valence-electron chi connectivity index (χ2n) is 4.84. The van der Waals surface area contributed by atoms with Crippen LogP contribution in [0.5, 0.6) is 5.75 Å². The van der Waals surface area contributed by atoms with Gasteiger partial charge < -0.3 is 4.74 Å². The van der Waals surface area contributed by atoms with Gasteiger partial charge in [0.15, 0.2) is 0 Å². The number of para-hydroxylation sites is 1. The van der Waals surface area contributed by atoms with Gasteiger partial charge in [0.2, 0.25) is 0 Å². The summed E-state index contributed by atoms with van der Waals surface area (Å²) in [6.07, 6.45) is 2.76. The third-order valence-corrected chi connectivity index (χ3v) is 3.40. The molecule has 2 aromatic carbocycles. The fourth-order valence-electron chi connectivity index (χ4n) is 2.24. The summed E-state index contributed by atoms with van der Waals surface area (Å²) in [6, 6.07) is 18.0. The summed E-state index contributed by atoms with van der Waals surface area (Å²) in [4.78, 5) is 11.9. The van der Waals surface area contributed by atoms with Crippen LogP contribution in [0.1, 0.15) is 24.0 Å². The lowest BCUT2D eigenvalue weighted by atomic mass is 10.0. The Morgan fingerprint density at radius 1 is 0.900 bits per heavy atom. The molecule has 0 unspecified atom stereocenters. The first-order chi connectivity index (χ1) is 9.79. The van der Waals surface area contributed by atoms with Crippen LogP contribution >= 0.6 is 0 Å². The number of carbonyl (C=O) groups excluding carboxylic acids is 1. The van der Waals surface area contributed by atoms with Crippen molar-refractivity contribution in [1.82, 2.24) is 0 Å². The fourth-order valence-corrected chi connectivity index (χ4v) is 2.24. The third kappa shape index (κ3) is 4.23. The maximum atomic E-state index is 11.9. The molecule has 0 fully saturated rings. The monoisotopic (exact) mass is 268 g/mol. The van der Waals surface area contributed by atoms with E-state index in [2.05, 4.69) is 12.1 Å². The summed E-state index contributed by atoms with van der Waals surface area (Å²) >= 11 is 0. The molecule has 0 atom stereocenters. The Morgan fingerprint density at radius 2 is 1.55 bits per heavy atom. The number of Topliss-reactive ketones (excluding diaryl/α,β-unsaturated/α-hetero) is 1. The van der Waals surface area contributed by atoms with E-state index in [1.54, 1.807) is 7.11 Å². The third-order valence-electron chi connectivity index (χ3n) is 3.40. The lowest BCUT2D eigenvalue weighted by molar-refractivity contribution is -0.119. The van der Waals surface area contributed by atoms with E-state index >= 15 is 0 Å². The molecule has 2 rings (SSSR count). The van der Waals surface area contributed by atoms with Crippen molar-refractivity contribution in [2.75, 3.05) is 7.11 Å². The summed E-state index contributed by atoms with van der Waals surface area (Å²) < 4.78 is 5.30. The van der Waals surface area contributed by atoms with E-state index in [9.17, 15) is 4.79 Å². The van der Waals surface area contributed by atoms with E-state index < -0.39 is 0 Å². The number of rotatable bonds is 7. The normalized spacial score (nSPS) is 10.2. The Morgan fingerprint density at radius 3 is 2.30 bits per heavy atom. The van der Waals surface area contributed by atoms with Gasteiger partial charge in [-0.05, 0) is 30.0 Å². The van der Waals surface area contributed by atoms with Crippen molar-refractivity contribution < 1.29 is 9.53 Å². The van der Waals surface area contributed by atoms with Crippen LogP contribution in [0.3, 0.4) is 0 Å². The molecule has 0 spiro atoms. The van der Waals surface area contributed by atoms with Gasteiger partial charge in [-0.25, -0.2) is 0 Å². The molecule has 0 aliphatic rings. The maximum absolute atomic E-state index is 11.9. The molecule has 0 saturated heterocycles. The molecular formula is C18H20O2. The summed E-state index contributed by atoms with van der Waals surface area (Å²) in [5.41, 5.74) is 2.32. The standard InChI is InChI=1S/C18H20O2/c1-20-18-10-6-5-9-16(18)12-14-17(19)13-11-15-7-3-2-4-8-15/h2-10H,11-14H2,1H3. The number of aryl methyl sites for hydroxylation is 2. The van der Waals surface area contributed by atoms with Crippen molar-refractivity contribution in [3.8, 4) is 5.75 Å². The van der Waals surface area contributed by atoms with Gasteiger partial charge in [-0.1, -0.05) is 48.5 Å². The number of hydrogen-bond acceptors (Lipinski definition) is 2. The summed E-state index contributed by atoms with van der Waals surface area (Å²) in [5.74, 6) is 1.17. The molecule has 0 saturated carbocycles. The zero-order valence-corrected chi connectivity index (χ0v) is 11.8. The minimum absolute atomic E-state index is 0.305. The Labute approximate surface area is 120 Å². The highest BCUT2D eigenvalue weighted by molar-refractivity contribution is 5.79. The summed E-state index contributed by atoms with van der Waals surface area (Å²) in [5, 5.41) is 0. The molecule has 104 valence electrons. The van der Waals surface area contributed by atoms with Gasteiger partial charge in [0.05, 0.1) is 7.11 Å². The van der Waals surface area contributed by atoms with Crippen molar-refractivity contribution >= 4 is 5.78 Å². The first kappa shape index (κ1) is 14.3. The van der Waals surface area contributed by atoms with E-state index in [-0.39, 0.29) is 0 Å². The van der Waals surface area contributed by atoms with Gasteiger partial charge in [-0.3, -0.25) is 4.79 Å². The molecule has 0 heterocycles. The molecule has 0 aromatic heterocycles. The van der Waals surface area contributed by atoms with Crippen LogP contribution in [-0.4, -0.2) is 12.9 Å². The van der Waals surface area contributed by atoms with Crippen LogP contribution in [0.4, 0.5) is 0 Å². The highest BCUT2D eigenvalue weighted by Gasteiger charge is 2.06. The molecule has 0 amide bonds. The summed E-state index contributed by atoms with van der Waals surface area (Å²) in [7, 11) is 1.66. The number of ketones is 1. The second-order valence-corrected chi connectivity index (χ2v) is 4.84. The Hall–Kier alpha value is -2.09. The topological polar surface area (TPSA) is 26.3 Å². The van der Waals surface area contributed by atoms with Gasteiger partial charge >= 0.3 is 0 Å². The van der Waals surface area contributed by atoms with Crippen molar-refractivity contribution in [1.29, 1.82) is 0 Å². The van der Waals surface area contributed by atoms with Crippen LogP contribution in [0.15, 0.2) is 54.6 Å². The van der Waals surface area contributed by atoms with E-state index in [4.69, 9.17) is 4.74 Å². The Kier molecular flexibility index (Phi) is 5.36. The number of methoxy groups -OCH3 is 1. The minimum Gasteiger partial charge on any atom is -0.496 e. The summed E-state index contributed by atoms with van der Waals surface area (Å²) in [6.45, 7) is 0. The molecule has 0 aliphatic carbocycles. The minimum atomic E-state index is 0.305. The van der Waals surface area contributed by atoms with E-state index in [1.165, 1.54) is 5.56 Å². The zero-order valence-electron chi connectivity index (χ0n) is 11.8. The lowest BCUT2D eigenvalue weighted by Crippen LogP contribution is -2.03. The van der Waals surface area contributed by atoms with Crippen LogP contribution in [0, 0.1) is 0 Å². The molecule has 20 heavy (non-hydrogen) atoms. The highest BCUT2D eigenvalue weighted by Crippen LogP contribution is 2.19. The molecule has 2 aromatic rings.